The molecule has 0 aliphatic heterocycles. The van der Waals surface area contributed by atoms with Crippen LogP contribution in [0, 0.1) is 13.8 Å². The quantitative estimate of drug-likeness (QED) is 0.421. The fourth-order valence-corrected chi connectivity index (χ4v) is 4.65. The van der Waals surface area contributed by atoms with E-state index in [-0.39, 0.29) is 12.1 Å². The maximum Gasteiger partial charge on any atom is 0.262 e. The average Bonchev–Trinajstić information content (AvgIpc) is 3.36. The Bertz CT molecular complexity index is 1420. The molecular weight excluding hydrogens is 396 g/mol. The number of hydrogen-bond donors (Lipinski definition) is 0. The van der Waals surface area contributed by atoms with Gasteiger partial charge in [-0.25, -0.2) is 4.98 Å². The van der Waals surface area contributed by atoms with Crippen LogP contribution in [0.3, 0.4) is 0 Å². The topological polar surface area (TPSA) is 73.8 Å². The highest BCUT2D eigenvalue weighted by Crippen LogP contribution is 2.35. The molecule has 0 bridgehead atoms. The van der Waals surface area contributed by atoms with E-state index in [0.29, 0.717) is 17.1 Å². The molecule has 0 spiro atoms. The van der Waals surface area contributed by atoms with Gasteiger partial charge in [-0.2, -0.15) is 4.98 Å². The lowest BCUT2D eigenvalue weighted by Gasteiger charge is -2.02. The number of hydrogen-bond acceptors (Lipinski definition) is 6. The first-order valence-corrected chi connectivity index (χ1v) is 10.4. The minimum atomic E-state index is -0.0992. The van der Waals surface area contributed by atoms with Crippen molar-refractivity contribution in [3.8, 4) is 21.9 Å². The second-order valence-electron chi connectivity index (χ2n) is 7.17. The number of rotatable bonds is 4. The highest BCUT2D eigenvalue weighted by Gasteiger charge is 2.17. The smallest absolute Gasteiger partial charge is 0.262 e. The van der Waals surface area contributed by atoms with Crippen LogP contribution in [0.4, 0.5) is 0 Å². The van der Waals surface area contributed by atoms with Crippen LogP contribution >= 0.6 is 11.3 Å². The monoisotopic (exact) mass is 414 g/mol. The number of nitrogens with zero attached hydrogens (tertiary/aromatic N) is 4. The molecule has 30 heavy (non-hydrogen) atoms. The zero-order valence-corrected chi connectivity index (χ0v) is 17.3. The Kier molecular flexibility index (Phi) is 4.52. The summed E-state index contributed by atoms with van der Waals surface area (Å²) in [6.07, 6.45) is 1.55. The molecule has 0 aliphatic carbocycles. The van der Waals surface area contributed by atoms with E-state index in [1.54, 1.807) is 6.33 Å². The van der Waals surface area contributed by atoms with Crippen LogP contribution in [-0.2, 0) is 6.54 Å². The van der Waals surface area contributed by atoms with Gasteiger partial charge in [0.2, 0.25) is 0 Å². The van der Waals surface area contributed by atoms with Gasteiger partial charge in [0.05, 0.1) is 18.3 Å². The van der Waals surface area contributed by atoms with Gasteiger partial charge in [-0.1, -0.05) is 53.2 Å². The summed E-state index contributed by atoms with van der Waals surface area (Å²) in [5.41, 5.74) is 3.90. The molecule has 3 aromatic heterocycles. The lowest BCUT2D eigenvalue weighted by atomic mass is 10.1. The van der Waals surface area contributed by atoms with Crippen molar-refractivity contribution in [2.75, 3.05) is 0 Å². The normalized spacial score (nSPS) is 11.3. The van der Waals surface area contributed by atoms with Crippen LogP contribution in [0.5, 0.6) is 0 Å². The summed E-state index contributed by atoms with van der Waals surface area (Å²) in [6.45, 7) is 4.18. The number of thiophene rings is 1. The molecule has 0 atom stereocenters. The highest BCUT2D eigenvalue weighted by molar-refractivity contribution is 7.22. The van der Waals surface area contributed by atoms with Crippen molar-refractivity contribution in [3.63, 3.8) is 0 Å². The highest BCUT2D eigenvalue weighted by atomic mass is 32.1. The van der Waals surface area contributed by atoms with E-state index in [1.165, 1.54) is 15.9 Å². The lowest BCUT2D eigenvalue weighted by Crippen LogP contribution is -2.21. The van der Waals surface area contributed by atoms with Crippen molar-refractivity contribution < 1.29 is 4.52 Å². The lowest BCUT2D eigenvalue weighted by molar-refractivity contribution is 0.420. The first kappa shape index (κ1) is 18.4. The summed E-state index contributed by atoms with van der Waals surface area (Å²) >= 11 is 1.53. The fraction of sp³-hybridized carbons (Fsp3) is 0.130. The van der Waals surface area contributed by atoms with Crippen LogP contribution in [0.25, 0.3) is 32.1 Å². The summed E-state index contributed by atoms with van der Waals surface area (Å²) in [5.74, 6) is 0.875. The molecule has 7 heteroatoms. The van der Waals surface area contributed by atoms with Crippen molar-refractivity contribution in [1.82, 2.24) is 19.7 Å². The Morgan fingerprint density at radius 2 is 1.83 bits per heavy atom. The molecule has 0 saturated heterocycles. The molecule has 0 amide bonds. The molecule has 5 rings (SSSR count). The van der Waals surface area contributed by atoms with Gasteiger partial charge in [0.1, 0.15) is 4.83 Å². The van der Waals surface area contributed by atoms with Crippen LogP contribution in [0.1, 0.15) is 17.0 Å². The predicted molar refractivity (Wildman–Crippen MR) is 118 cm³/mol. The maximum atomic E-state index is 13.2. The Morgan fingerprint density at radius 1 is 1.03 bits per heavy atom. The molecule has 0 fully saturated rings. The molecule has 5 aromatic rings. The van der Waals surface area contributed by atoms with Crippen molar-refractivity contribution in [1.29, 1.82) is 0 Å². The van der Waals surface area contributed by atoms with Gasteiger partial charge in [-0.15, -0.1) is 11.3 Å². The minimum absolute atomic E-state index is 0.0992. The van der Waals surface area contributed by atoms with Gasteiger partial charge in [-0.3, -0.25) is 9.36 Å². The molecule has 0 N–H and O–H groups in total. The van der Waals surface area contributed by atoms with Crippen LogP contribution in [0.15, 0.2) is 70.2 Å². The molecule has 0 radical (unpaired) electrons. The van der Waals surface area contributed by atoms with Crippen LogP contribution in [-0.4, -0.2) is 19.7 Å². The predicted octanol–water partition coefficient (Wildman–Crippen LogP) is 4.84. The van der Waals surface area contributed by atoms with Gasteiger partial charge in [0.15, 0.2) is 5.82 Å². The summed E-state index contributed by atoms with van der Waals surface area (Å²) < 4.78 is 6.93. The van der Waals surface area contributed by atoms with E-state index in [9.17, 15) is 4.79 Å². The van der Waals surface area contributed by atoms with Crippen LogP contribution in [0.2, 0.25) is 0 Å². The third-order valence-electron chi connectivity index (χ3n) is 5.00. The molecule has 3 heterocycles. The van der Waals surface area contributed by atoms with E-state index in [2.05, 4.69) is 15.1 Å². The van der Waals surface area contributed by atoms with Crippen molar-refractivity contribution in [2.24, 2.45) is 0 Å². The summed E-state index contributed by atoms with van der Waals surface area (Å²) in [4.78, 5) is 23.9. The third kappa shape index (κ3) is 3.23. The largest absolute Gasteiger partial charge is 0.334 e. The van der Waals surface area contributed by atoms with Crippen molar-refractivity contribution in [3.05, 3.63) is 88.2 Å². The maximum absolute atomic E-state index is 13.2. The Balaban J connectivity index is 1.51. The fourth-order valence-electron chi connectivity index (χ4n) is 3.50. The summed E-state index contributed by atoms with van der Waals surface area (Å²) in [6, 6.07) is 17.9. The first-order chi connectivity index (χ1) is 14.6. The van der Waals surface area contributed by atoms with Gasteiger partial charge in [-0.05, 0) is 37.1 Å². The first-order valence-electron chi connectivity index (χ1n) is 9.54. The molecule has 6 nitrogen and oxygen atoms in total. The summed E-state index contributed by atoms with van der Waals surface area (Å²) in [5, 5.41) is 4.69. The average molecular weight is 414 g/mol. The van der Waals surface area contributed by atoms with E-state index >= 15 is 0 Å². The second kappa shape index (κ2) is 7.35. The molecular formula is C23H18N4O2S. The molecule has 0 saturated carbocycles. The molecule has 2 aromatic carbocycles. The Hall–Kier alpha value is -3.58. The van der Waals surface area contributed by atoms with E-state index < -0.39 is 0 Å². The van der Waals surface area contributed by atoms with Gasteiger partial charge in [0, 0.05) is 10.4 Å². The molecule has 148 valence electrons. The van der Waals surface area contributed by atoms with E-state index in [4.69, 9.17) is 4.52 Å². The Labute approximate surface area is 176 Å². The number of aromatic nitrogens is 4. The van der Waals surface area contributed by atoms with Crippen molar-refractivity contribution in [2.45, 2.75) is 20.4 Å². The van der Waals surface area contributed by atoms with E-state index in [1.807, 2.05) is 68.4 Å². The minimum Gasteiger partial charge on any atom is -0.334 e. The number of aryl methyl sites for hydroxylation is 2. The molecule has 0 unspecified atom stereocenters. The number of benzene rings is 2. The van der Waals surface area contributed by atoms with Gasteiger partial charge in [0.25, 0.3) is 11.4 Å². The van der Waals surface area contributed by atoms with Gasteiger partial charge < -0.3 is 4.52 Å². The van der Waals surface area contributed by atoms with E-state index in [0.717, 1.165) is 32.0 Å². The zero-order chi connectivity index (χ0) is 20.7. The molecule has 0 aliphatic rings. The third-order valence-corrected chi connectivity index (χ3v) is 6.25. The second-order valence-corrected chi connectivity index (χ2v) is 8.16. The zero-order valence-electron chi connectivity index (χ0n) is 16.5. The standard InChI is InChI=1S/C23H18N4O2S/c1-14-7-6-10-17(11-14)21-25-18(26-29-21)12-27-13-24-22-19(23(27)28)15(2)20(30-22)16-8-4-3-5-9-16/h3-11,13H,12H2,1-2H3. The van der Waals surface area contributed by atoms with Crippen LogP contribution < -0.4 is 5.56 Å². The van der Waals surface area contributed by atoms with Gasteiger partial charge >= 0.3 is 0 Å². The summed E-state index contributed by atoms with van der Waals surface area (Å²) in [7, 11) is 0. The Morgan fingerprint density at radius 3 is 2.63 bits per heavy atom. The van der Waals surface area contributed by atoms with Crippen molar-refractivity contribution >= 4 is 21.6 Å². The SMILES string of the molecule is Cc1cccc(-c2nc(Cn3cnc4sc(-c5ccccc5)c(C)c4c3=O)no2)c1. The number of fused-ring (bicyclic) bond motifs is 1.